The maximum absolute atomic E-state index is 13.1. The lowest BCUT2D eigenvalue weighted by atomic mass is 9.91. The van der Waals surface area contributed by atoms with Crippen molar-refractivity contribution in [1.29, 1.82) is 0 Å². The molecule has 1 aromatic carbocycles. The van der Waals surface area contributed by atoms with Crippen LogP contribution < -0.4 is 5.32 Å². The number of rotatable bonds is 7. The van der Waals surface area contributed by atoms with E-state index in [1.807, 2.05) is 0 Å². The number of halogens is 1. The molecule has 1 atom stereocenters. The summed E-state index contributed by atoms with van der Waals surface area (Å²) in [5, 5.41) is 11.7. The second-order valence-electron chi connectivity index (χ2n) is 6.21. The molecule has 0 radical (unpaired) electrons. The predicted octanol–water partition coefficient (Wildman–Crippen LogP) is 2.19. The summed E-state index contributed by atoms with van der Waals surface area (Å²) in [5.74, 6) is -1.14. The highest BCUT2D eigenvalue weighted by molar-refractivity contribution is 5.79. The molecule has 1 aromatic rings. The van der Waals surface area contributed by atoms with E-state index in [4.69, 9.17) is 5.11 Å². The van der Waals surface area contributed by atoms with Crippen LogP contribution in [0.4, 0.5) is 4.39 Å². The van der Waals surface area contributed by atoms with Crippen molar-refractivity contribution in [1.82, 2.24) is 10.2 Å². The zero-order valence-corrected chi connectivity index (χ0v) is 13.3. The van der Waals surface area contributed by atoms with Crippen LogP contribution >= 0.6 is 0 Å². The third-order valence-corrected chi connectivity index (χ3v) is 4.24. The molecule has 2 N–H and O–H groups in total. The van der Waals surface area contributed by atoms with Gasteiger partial charge in [-0.2, -0.15) is 0 Å². The van der Waals surface area contributed by atoms with Gasteiger partial charge in [-0.05, 0) is 43.5 Å². The zero-order chi connectivity index (χ0) is 16.8. The molecule has 0 heterocycles. The number of carbonyl (C=O) groups is 2. The molecule has 1 unspecified atom stereocenters. The third-order valence-electron chi connectivity index (χ3n) is 4.24. The smallest absolute Gasteiger partial charge is 0.317 e. The van der Waals surface area contributed by atoms with Crippen molar-refractivity contribution in [2.24, 2.45) is 5.92 Å². The van der Waals surface area contributed by atoms with Gasteiger partial charge >= 0.3 is 5.97 Å². The van der Waals surface area contributed by atoms with E-state index in [0.717, 1.165) is 31.2 Å². The molecule has 0 saturated heterocycles. The fourth-order valence-corrected chi connectivity index (χ4v) is 3.19. The van der Waals surface area contributed by atoms with Crippen LogP contribution in [0.1, 0.15) is 37.3 Å². The Morgan fingerprint density at radius 2 is 1.87 bits per heavy atom. The van der Waals surface area contributed by atoms with Crippen molar-refractivity contribution in [3.8, 4) is 0 Å². The number of nitrogens with zero attached hydrogens (tertiary/aromatic N) is 1. The fraction of sp³-hybridized carbons (Fsp3) is 0.529. The largest absolute Gasteiger partial charge is 0.480 e. The van der Waals surface area contributed by atoms with Gasteiger partial charge in [0.2, 0.25) is 5.91 Å². The van der Waals surface area contributed by atoms with Gasteiger partial charge in [-0.15, -0.1) is 0 Å². The van der Waals surface area contributed by atoms with Crippen molar-refractivity contribution in [2.75, 3.05) is 20.1 Å². The number of carbonyl (C=O) groups excluding carboxylic acids is 1. The van der Waals surface area contributed by atoms with Crippen LogP contribution in [0.25, 0.3) is 0 Å². The highest BCUT2D eigenvalue weighted by Crippen LogP contribution is 2.35. The second kappa shape index (κ2) is 8.06. The van der Waals surface area contributed by atoms with E-state index in [1.54, 1.807) is 19.2 Å². The molecule has 0 bridgehead atoms. The molecule has 0 aromatic heterocycles. The van der Waals surface area contributed by atoms with Crippen LogP contribution in [0.5, 0.6) is 0 Å². The summed E-state index contributed by atoms with van der Waals surface area (Å²) in [7, 11) is 1.59. The summed E-state index contributed by atoms with van der Waals surface area (Å²) in [6.45, 7) is -0.158. The van der Waals surface area contributed by atoms with Gasteiger partial charge in [0.1, 0.15) is 5.82 Å². The molecule has 126 valence electrons. The average Bonchev–Trinajstić information content (AvgIpc) is 2.98. The lowest BCUT2D eigenvalue weighted by Crippen LogP contribution is -2.40. The molecule has 5 nitrogen and oxygen atoms in total. The number of benzene rings is 1. The summed E-state index contributed by atoms with van der Waals surface area (Å²) >= 11 is 0. The normalized spacial score (nSPS) is 16.5. The van der Waals surface area contributed by atoms with Gasteiger partial charge in [-0.1, -0.05) is 25.0 Å². The van der Waals surface area contributed by atoms with Crippen molar-refractivity contribution < 1.29 is 19.1 Å². The summed E-state index contributed by atoms with van der Waals surface area (Å²) < 4.78 is 13.1. The van der Waals surface area contributed by atoms with E-state index in [2.05, 4.69) is 5.32 Å². The maximum atomic E-state index is 13.1. The minimum Gasteiger partial charge on any atom is -0.480 e. The van der Waals surface area contributed by atoms with Gasteiger partial charge < -0.3 is 10.4 Å². The first kappa shape index (κ1) is 17.4. The molecule has 6 heteroatoms. The number of carboxylic acids is 1. The van der Waals surface area contributed by atoms with Gasteiger partial charge in [0, 0.05) is 0 Å². The summed E-state index contributed by atoms with van der Waals surface area (Å²) in [5.41, 5.74) is 0.896. The molecule has 2 rings (SSSR count). The SMILES string of the molecule is CN(CC(=O)O)CC(=O)NC(c1ccc(F)cc1)C1CCCC1. The van der Waals surface area contributed by atoms with Crippen molar-refractivity contribution in [3.63, 3.8) is 0 Å². The molecular formula is C17H23FN2O3. The molecule has 1 saturated carbocycles. The highest BCUT2D eigenvalue weighted by Gasteiger charge is 2.28. The number of amides is 1. The molecule has 0 spiro atoms. The van der Waals surface area contributed by atoms with E-state index in [9.17, 15) is 14.0 Å². The Kier molecular flexibility index (Phi) is 6.10. The van der Waals surface area contributed by atoms with E-state index in [0.29, 0.717) is 5.92 Å². The predicted molar refractivity (Wildman–Crippen MR) is 84.4 cm³/mol. The molecular weight excluding hydrogens is 299 g/mol. The lowest BCUT2D eigenvalue weighted by molar-refractivity contribution is -0.138. The molecule has 1 aliphatic carbocycles. The topological polar surface area (TPSA) is 69.6 Å². The van der Waals surface area contributed by atoms with Crippen LogP contribution in [0.3, 0.4) is 0 Å². The Bertz CT molecular complexity index is 541. The summed E-state index contributed by atoms with van der Waals surface area (Å²) in [4.78, 5) is 24.3. The number of nitrogens with one attached hydrogen (secondary N) is 1. The van der Waals surface area contributed by atoms with E-state index < -0.39 is 5.97 Å². The number of hydrogen-bond donors (Lipinski definition) is 2. The van der Waals surface area contributed by atoms with Gasteiger partial charge in [-0.25, -0.2) is 4.39 Å². The van der Waals surface area contributed by atoms with Crippen LogP contribution in [-0.4, -0.2) is 42.0 Å². The first-order valence-corrected chi connectivity index (χ1v) is 7.91. The van der Waals surface area contributed by atoms with Crippen molar-refractivity contribution in [3.05, 3.63) is 35.6 Å². The lowest BCUT2D eigenvalue weighted by Gasteiger charge is -2.26. The van der Waals surface area contributed by atoms with Crippen LogP contribution in [0.2, 0.25) is 0 Å². The van der Waals surface area contributed by atoms with Crippen molar-refractivity contribution >= 4 is 11.9 Å². The van der Waals surface area contributed by atoms with Gasteiger partial charge in [0.05, 0.1) is 19.1 Å². The van der Waals surface area contributed by atoms with Crippen LogP contribution in [0, 0.1) is 11.7 Å². The Morgan fingerprint density at radius 1 is 1.26 bits per heavy atom. The molecule has 23 heavy (non-hydrogen) atoms. The van der Waals surface area contributed by atoms with Crippen molar-refractivity contribution in [2.45, 2.75) is 31.7 Å². The Balaban J connectivity index is 2.04. The summed E-state index contributed by atoms with van der Waals surface area (Å²) in [6, 6.07) is 6.07. The monoisotopic (exact) mass is 322 g/mol. The average molecular weight is 322 g/mol. The first-order chi connectivity index (χ1) is 11.0. The number of likely N-dealkylation sites (N-methyl/N-ethyl adjacent to an activating group) is 1. The van der Waals surface area contributed by atoms with E-state index in [1.165, 1.54) is 17.0 Å². The second-order valence-corrected chi connectivity index (χ2v) is 6.21. The minimum absolute atomic E-state index is 0.0245. The van der Waals surface area contributed by atoms with Crippen LogP contribution in [0.15, 0.2) is 24.3 Å². The maximum Gasteiger partial charge on any atom is 0.317 e. The van der Waals surface area contributed by atoms with Gasteiger partial charge in [-0.3, -0.25) is 14.5 Å². The first-order valence-electron chi connectivity index (χ1n) is 7.91. The third kappa shape index (κ3) is 5.32. The molecule has 1 amide bonds. The number of aliphatic carboxylic acids is 1. The van der Waals surface area contributed by atoms with Gasteiger partial charge in [0.15, 0.2) is 0 Å². The van der Waals surface area contributed by atoms with E-state index >= 15 is 0 Å². The number of hydrogen-bond acceptors (Lipinski definition) is 3. The number of carboxylic acid groups (broad SMARTS) is 1. The van der Waals surface area contributed by atoms with E-state index in [-0.39, 0.29) is 30.9 Å². The van der Waals surface area contributed by atoms with Gasteiger partial charge in [0.25, 0.3) is 0 Å². The molecule has 0 aliphatic heterocycles. The Hall–Kier alpha value is -1.95. The Morgan fingerprint density at radius 3 is 2.43 bits per heavy atom. The zero-order valence-electron chi connectivity index (χ0n) is 13.3. The standard InChI is InChI=1S/C17H23FN2O3/c1-20(11-16(22)23)10-15(21)19-17(12-4-2-3-5-12)13-6-8-14(18)9-7-13/h6-9,12,17H,2-5,10-11H2,1H3,(H,19,21)(H,22,23). The molecule has 1 fully saturated rings. The summed E-state index contributed by atoms with van der Waals surface area (Å²) in [6.07, 6.45) is 4.34. The fourth-order valence-electron chi connectivity index (χ4n) is 3.19. The van der Waals surface area contributed by atoms with Crippen LogP contribution in [-0.2, 0) is 9.59 Å². The molecule has 1 aliphatic rings. The minimum atomic E-state index is -0.967. The quantitative estimate of drug-likeness (QED) is 0.807. The Labute approximate surface area is 135 Å². The highest BCUT2D eigenvalue weighted by atomic mass is 19.1.